The van der Waals surface area contributed by atoms with E-state index in [9.17, 15) is 14.0 Å². The van der Waals surface area contributed by atoms with Crippen molar-refractivity contribution in [2.45, 2.75) is 6.29 Å². The molecule has 0 unspecified atom stereocenters. The van der Waals surface area contributed by atoms with Gasteiger partial charge in [-0.05, 0) is 18.2 Å². The van der Waals surface area contributed by atoms with E-state index in [1.165, 1.54) is 38.5 Å². The minimum Gasteiger partial charge on any atom is -0.354 e. The summed E-state index contributed by atoms with van der Waals surface area (Å²) in [5.74, 6) is -0.994. The Kier molecular flexibility index (Phi) is 4.66. The molecule has 0 bridgehead atoms. The molecule has 0 aliphatic heterocycles. The number of aromatic nitrogens is 1. The van der Waals surface area contributed by atoms with Crippen LogP contribution >= 0.6 is 0 Å². The van der Waals surface area contributed by atoms with Crippen LogP contribution in [0.2, 0.25) is 0 Å². The van der Waals surface area contributed by atoms with E-state index in [1.54, 1.807) is 0 Å². The number of amides is 1. The lowest BCUT2D eigenvalue weighted by atomic mass is 10.2. The van der Waals surface area contributed by atoms with Crippen LogP contribution in [0.15, 0.2) is 29.1 Å². The zero-order valence-corrected chi connectivity index (χ0v) is 11.6. The first-order valence-electron chi connectivity index (χ1n) is 6.21. The van der Waals surface area contributed by atoms with Crippen molar-refractivity contribution < 1.29 is 18.7 Å². The second-order valence-electron chi connectivity index (χ2n) is 4.35. The molecule has 21 heavy (non-hydrogen) atoms. The molecule has 0 atom stereocenters. The summed E-state index contributed by atoms with van der Waals surface area (Å²) >= 11 is 0. The number of rotatable bonds is 5. The van der Waals surface area contributed by atoms with Crippen molar-refractivity contribution in [1.29, 1.82) is 0 Å². The molecular weight excluding hydrogens is 279 g/mol. The second kappa shape index (κ2) is 6.47. The molecule has 6 nitrogen and oxygen atoms in total. The Morgan fingerprint density at radius 2 is 2.05 bits per heavy atom. The van der Waals surface area contributed by atoms with Crippen molar-refractivity contribution in [3.8, 4) is 0 Å². The van der Waals surface area contributed by atoms with Crippen molar-refractivity contribution in [2.24, 2.45) is 0 Å². The van der Waals surface area contributed by atoms with E-state index in [0.29, 0.717) is 5.39 Å². The number of halogens is 1. The van der Waals surface area contributed by atoms with E-state index in [1.807, 2.05) is 0 Å². The second-order valence-corrected chi connectivity index (χ2v) is 4.35. The summed E-state index contributed by atoms with van der Waals surface area (Å²) < 4.78 is 23.1. The van der Waals surface area contributed by atoms with Crippen LogP contribution in [0, 0.1) is 5.82 Å². The number of nitrogens with one attached hydrogen (secondary N) is 2. The third kappa shape index (κ3) is 3.45. The molecule has 1 aromatic carbocycles. The van der Waals surface area contributed by atoms with E-state index in [-0.39, 0.29) is 23.2 Å². The lowest BCUT2D eigenvalue weighted by molar-refractivity contribution is -0.0974. The minimum atomic E-state index is -0.585. The summed E-state index contributed by atoms with van der Waals surface area (Å²) in [5.41, 5.74) is -0.0457. The number of pyridine rings is 1. The van der Waals surface area contributed by atoms with E-state index < -0.39 is 18.0 Å². The summed E-state index contributed by atoms with van der Waals surface area (Å²) in [6.45, 7) is 0.120. The van der Waals surface area contributed by atoms with Crippen molar-refractivity contribution in [3.05, 3.63) is 46.0 Å². The number of carbonyl (C=O) groups excluding carboxylic acids is 1. The molecule has 0 aliphatic rings. The lowest BCUT2D eigenvalue weighted by Gasteiger charge is -2.14. The molecule has 112 valence electrons. The van der Waals surface area contributed by atoms with Crippen LogP contribution in [-0.2, 0) is 9.47 Å². The quantitative estimate of drug-likeness (QED) is 0.807. The third-order valence-electron chi connectivity index (χ3n) is 2.99. The van der Waals surface area contributed by atoms with Crippen LogP contribution < -0.4 is 10.7 Å². The molecule has 2 rings (SSSR count). The molecule has 7 heteroatoms. The van der Waals surface area contributed by atoms with Crippen LogP contribution in [0.25, 0.3) is 10.9 Å². The highest BCUT2D eigenvalue weighted by molar-refractivity contribution is 5.94. The number of hydrogen-bond donors (Lipinski definition) is 2. The number of hydrogen-bond acceptors (Lipinski definition) is 4. The Hall–Kier alpha value is -2.25. The van der Waals surface area contributed by atoms with Crippen LogP contribution in [0.3, 0.4) is 0 Å². The maximum Gasteiger partial charge on any atom is 0.268 e. The Bertz CT molecular complexity index is 710. The maximum absolute atomic E-state index is 13.2. The van der Waals surface area contributed by atoms with Gasteiger partial charge in [0.2, 0.25) is 0 Å². The number of benzene rings is 1. The van der Waals surface area contributed by atoms with Crippen molar-refractivity contribution in [3.63, 3.8) is 0 Å². The fourth-order valence-corrected chi connectivity index (χ4v) is 1.88. The number of ether oxygens (including phenoxy) is 2. The molecule has 0 spiro atoms. The zero-order valence-electron chi connectivity index (χ0n) is 11.6. The van der Waals surface area contributed by atoms with Gasteiger partial charge in [0, 0.05) is 25.7 Å². The first kappa shape index (κ1) is 15.1. The lowest BCUT2D eigenvalue weighted by Crippen LogP contribution is -2.35. The average Bonchev–Trinajstić information content (AvgIpc) is 2.47. The van der Waals surface area contributed by atoms with Gasteiger partial charge in [-0.1, -0.05) is 0 Å². The zero-order chi connectivity index (χ0) is 15.4. The van der Waals surface area contributed by atoms with Crippen LogP contribution in [-0.4, -0.2) is 37.9 Å². The fourth-order valence-electron chi connectivity index (χ4n) is 1.88. The van der Waals surface area contributed by atoms with Gasteiger partial charge in [0.25, 0.3) is 5.91 Å². The molecule has 1 amide bonds. The first-order valence-corrected chi connectivity index (χ1v) is 6.21. The van der Waals surface area contributed by atoms with Gasteiger partial charge < -0.3 is 19.8 Å². The number of fused-ring (bicyclic) bond motifs is 1. The highest BCUT2D eigenvalue weighted by Gasteiger charge is 2.12. The monoisotopic (exact) mass is 294 g/mol. The number of H-pyrrole nitrogens is 1. The number of aromatic amines is 1. The molecule has 0 saturated heterocycles. The largest absolute Gasteiger partial charge is 0.354 e. The molecule has 1 heterocycles. The molecule has 2 aromatic rings. The standard InChI is InChI=1S/C14H15FN2O4/c1-20-13(21-2)7-16-14(19)11-6-12(18)9-4-3-8(15)5-10(9)17-11/h3-6,13H,7H2,1-2H3,(H,16,19)(H,17,18). The van der Waals surface area contributed by atoms with Crippen LogP contribution in [0.1, 0.15) is 10.5 Å². The van der Waals surface area contributed by atoms with Gasteiger partial charge in [0.15, 0.2) is 11.7 Å². The molecule has 0 fully saturated rings. The minimum absolute atomic E-state index is 0.0454. The smallest absolute Gasteiger partial charge is 0.268 e. The van der Waals surface area contributed by atoms with E-state index >= 15 is 0 Å². The molecule has 0 radical (unpaired) electrons. The molecule has 1 aromatic heterocycles. The first-order chi connectivity index (χ1) is 10.0. The normalized spacial score (nSPS) is 11.0. The van der Waals surface area contributed by atoms with E-state index in [2.05, 4.69) is 10.3 Å². The van der Waals surface area contributed by atoms with E-state index in [0.717, 1.165) is 0 Å². The molecular formula is C14H15FN2O4. The third-order valence-corrected chi connectivity index (χ3v) is 2.99. The summed E-state index contributed by atoms with van der Waals surface area (Å²) in [5, 5.41) is 2.87. The number of carbonyl (C=O) groups is 1. The van der Waals surface area contributed by atoms with Gasteiger partial charge in [-0.2, -0.15) is 0 Å². The summed E-state index contributed by atoms with van der Waals surface area (Å²) in [4.78, 5) is 26.6. The van der Waals surface area contributed by atoms with Gasteiger partial charge in [-0.15, -0.1) is 0 Å². The molecule has 2 N–H and O–H groups in total. The van der Waals surface area contributed by atoms with Gasteiger partial charge in [0.1, 0.15) is 11.5 Å². The Morgan fingerprint density at radius 1 is 1.33 bits per heavy atom. The van der Waals surface area contributed by atoms with Crippen molar-refractivity contribution >= 4 is 16.8 Å². The summed E-state index contributed by atoms with van der Waals surface area (Å²) in [7, 11) is 2.89. The fraction of sp³-hybridized carbons (Fsp3) is 0.286. The van der Waals surface area contributed by atoms with Gasteiger partial charge in [0.05, 0.1) is 12.1 Å². The Balaban J connectivity index is 2.25. The highest BCUT2D eigenvalue weighted by Crippen LogP contribution is 2.10. The number of methoxy groups -OCH3 is 2. The summed E-state index contributed by atoms with van der Waals surface area (Å²) in [6, 6.07) is 4.90. The SMILES string of the molecule is COC(CNC(=O)c1cc(=O)c2ccc(F)cc2[nH]1)OC. The topological polar surface area (TPSA) is 80.4 Å². The summed E-state index contributed by atoms with van der Waals surface area (Å²) in [6.07, 6.45) is -0.585. The van der Waals surface area contributed by atoms with Crippen LogP contribution in [0.4, 0.5) is 4.39 Å². The van der Waals surface area contributed by atoms with Crippen LogP contribution in [0.5, 0.6) is 0 Å². The maximum atomic E-state index is 13.2. The molecule has 0 saturated carbocycles. The van der Waals surface area contributed by atoms with Crippen molar-refractivity contribution in [1.82, 2.24) is 10.3 Å². The Labute approximate surface area is 119 Å². The average molecular weight is 294 g/mol. The van der Waals surface area contributed by atoms with Gasteiger partial charge in [-0.3, -0.25) is 9.59 Å². The highest BCUT2D eigenvalue weighted by atomic mass is 19.1. The van der Waals surface area contributed by atoms with E-state index in [4.69, 9.17) is 9.47 Å². The predicted molar refractivity (Wildman–Crippen MR) is 74.7 cm³/mol. The Morgan fingerprint density at radius 3 is 2.71 bits per heavy atom. The van der Waals surface area contributed by atoms with Crippen molar-refractivity contribution in [2.75, 3.05) is 20.8 Å². The molecule has 0 aliphatic carbocycles. The van der Waals surface area contributed by atoms with Gasteiger partial charge in [-0.25, -0.2) is 4.39 Å². The van der Waals surface area contributed by atoms with Gasteiger partial charge >= 0.3 is 0 Å². The predicted octanol–water partition coefficient (Wildman–Crippen LogP) is 1.02.